The minimum atomic E-state index is -0.370. The molecule has 1 aliphatic carbocycles. The molecule has 2 aromatic heterocycles. The second-order valence-corrected chi connectivity index (χ2v) is 9.11. The highest BCUT2D eigenvalue weighted by Crippen LogP contribution is 2.30. The molecule has 8 heteroatoms. The average Bonchev–Trinajstić information content (AvgIpc) is 3.51. The van der Waals surface area contributed by atoms with Crippen LogP contribution in [0.25, 0.3) is 21.3 Å². The van der Waals surface area contributed by atoms with Crippen LogP contribution >= 0.6 is 11.3 Å². The number of fused-ring (bicyclic) bond motifs is 1. The van der Waals surface area contributed by atoms with Crippen molar-refractivity contribution in [3.63, 3.8) is 0 Å². The van der Waals surface area contributed by atoms with Crippen molar-refractivity contribution in [1.29, 1.82) is 0 Å². The average molecular weight is 459 g/mol. The van der Waals surface area contributed by atoms with Crippen molar-refractivity contribution in [3.8, 4) is 11.1 Å². The Kier molecular flexibility index (Phi) is 5.51. The van der Waals surface area contributed by atoms with Crippen LogP contribution in [-0.2, 0) is 11.3 Å². The number of carbonyl (C=O) groups excluding carboxylic acids is 2. The summed E-state index contributed by atoms with van der Waals surface area (Å²) in [6.07, 6.45) is 3.41. The van der Waals surface area contributed by atoms with Crippen LogP contribution in [0.2, 0.25) is 0 Å². The van der Waals surface area contributed by atoms with Gasteiger partial charge in [-0.05, 0) is 43.5 Å². The summed E-state index contributed by atoms with van der Waals surface area (Å²) in [6, 6.07) is 15.0. The molecule has 5 rings (SSSR count). The second-order valence-electron chi connectivity index (χ2n) is 8.25. The molecule has 7 nitrogen and oxygen atoms in total. The molecule has 4 aromatic rings. The Morgan fingerprint density at radius 3 is 2.70 bits per heavy atom. The molecule has 1 aliphatic rings. The topological polar surface area (TPSA) is 93.1 Å². The number of amides is 2. The summed E-state index contributed by atoms with van der Waals surface area (Å²) in [5.41, 5.74) is 3.62. The number of carbonyl (C=O) groups is 2. The van der Waals surface area contributed by atoms with Crippen LogP contribution in [0.3, 0.4) is 0 Å². The third-order valence-electron chi connectivity index (χ3n) is 5.56. The zero-order chi connectivity index (χ0) is 22.9. The minimum absolute atomic E-state index is 0.152. The first kappa shape index (κ1) is 21.1. The van der Waals surface area contributed by atoms with Crippen LogP contribution in [-0.4, -0.2) is 27.4 Å². The Balaban J connectivity index is 1.36. The van der Waals surface area contributed by atoms with Gasteiger partial charge >= 0.3 is 0 Å². The molecular formula is C25H22N4O3S. The zero-order valence-corrected chi connectivity index (χ0v) is 18.8. The van der Waals surface area contributed by atoms with Crippen molar-refractivity contribution < 1.29 is 9.59 Å². The third kappa shape index (κ3) is 4.56. The number of hydrogen-bond acceptors (Lipinski definition) is 5. The van der Waals surface area contributed by atoms with E-state index in [1.165, 1.54) is 22.2 Å². The number of nitrogens with one attached hydrogen (secondary N) is 2. The normalized spacial score (nSPS) is 13.1. The standard InChI is InChI=1S/C25H22N4O3S/c1-15-5-7-16(8-6-15)20-13-33-24-22(20)25(32)29(14-26-24)12-21(30)27-19-4-2-3-17(11-19)23(31)28-18-9-10-18/h2-8,11,13-14,18H,9-10,12H2,1H3,(H,27,30)(H,28,31). The van der Waals surface area contributed by atoms with E-state index in [4.69, 9.17) is 0 Å². The molecule has 2 N–H and O–H groups in total. The number of benzene rings is 2. The zero-order valence-electron chi connectivity index (χ0n) is 18.0. The van der Waals surface area contributed by atoms with Gasteiger partial charge in [-0.3, -0.25) is 19.0 Å². The monoisotopic (exact) mass is 458 g/mol. The predicted octanol–water partition coefficient (Wildman–Crippen LogP) is 3.96. The van der Waals surface area contributed by atoms with E-state index >= 15 is 0 Å². The highest BCUT2D eigenvalue weighted by Gasteiger charge is 2.24. The number of aromatic nitrogens is 2. The highest BCUT2D eigenvalue weighted by molar-refractivity contribution is 7.17. The van der Waals surface area contributed by atoms with Crippen LogP contribution in [0.4, 0.5) is 5.69 Å². The first-order valence-electron chi connectivity index (χ1n) is 10.7. The fourth-order valence-corrected chi connectivity index (χ4v) is 4.52. The van der Waals surface area contributed by atoms with Crippen LogP contribution in [0.1, 0.15) is 28.8 Å². The van der Waals surface area contributed by atoms with Gasteiger partial charge in [-0.25, -0.2) is 4.98 Å². The van der Waals surface area contributed by atoms with Gasteiger partial charge in [0.15, 0.2) is 0 Å². The van der Waals surface area contributed by atoms with Gasteiger partial charge in [0, 0.05) is 28.2 Å². The molecule has 166 valence electrons. The first-order valence-corrected chi connectivity index (χ1v) is 11.6. The molecule has 0 bridgehead atoms. The largest absolute Gasteiger partial charge is 0.349 e. The molecule has 0 radical (unpaired) electrons. The summed E-state index contributed by atoms with van der Waals surface area (Å²) < 4.78 is 1.31. The Labute approximate surface area is 194 Å². The predicted molar refractivity (Wildman–Crippen MR) is 130 cm³/mol. The molecule has 0 aliphatic heterocycles. The highest BCUT2D eigenvalue weighted by atomic mass is 32.1. The van der Waals surface area contributed by atoms with Gasteiger partial charge in [0.1, 0.15) is 11.4 Å². The van der Waals surface area contributed by atoms with Crippen LogP contribution < -0.4 is 16.2 Å². The minimum Gasteiger partial charge on any atom is -0.349 e. The molecule has 0 atom stereocenters. The fourth-order valence-electron chi connectivity index (χ4n) is 3.62. The number of hydrogen-bond donors (Lipinski definition) is 2. The molecular weight excluding hydrogens is 436 g/mol. The molecule has 0 spiro atoms. The van der Waals surface area contributed by atoms with Crippen molar-refractivity contribution in [2.45, 2.75) is 32.4 Å². The smallest absolute Gasteiger partial charge is 0.263 e. The SMILES string of the molecule is Cc1ccc(-c2csc3ncn(CC(=O)Nc4cccc(C(=O)NC5CC5)c4)c(=O)c23)cc1. The molecule has 2 aromatic carbocycles. The maximum atomic E-state index is 13.2. The number of anilines is 1. The lowest BCUT2D eigenvalue weighted by molar-refractivity contribution is -0.116. The van der Waals surface area contributed by atoms with E-state index in [2.05, 4.69) is 15.6 Å². The van der Waals surface area contributed by atoms with Gasteiger partial charge in [0.2, 0.25) is 5.91 Å². The van der Waals surface area contributed by atoms with E-state index in [0.717, 1.165) is 29.5 Å². The van der Waals surface area contributed by atoms with E-state index in [1.807, 2.05) is 36.6 Å². The van der Waals surface area contributed by atoms with Crippen LogP contribution in [0, 0.1) is 6.92 Å². The third-order valence-corrected chi connectivity index (χ3v) is 6.44. The first-order chi connectivity index (χ1) is 16.0. The molecule has 2 heterocycles. The van der Waals surface area contributed by atoms with E-state index in [1.54, 1.807) is 24.3 Å². The van der Waals surface area contributed by atoms with Gasteiger partial charge in [-0.15, -0.1) is 11.3 Å². The maximum absolute atomic E-state index is 13.2. The lowest BCUT2D eigenvalue weighted by Crippen LogP contribution is -2.28. The molecule has 1 saturated carbocycles. The molecule has 33 heavy (non-hydrogen) atoms. The Morgan fingerprint density at radius 1 is 1.15 bits per heavy atom. The summed E-state index contributed by atoms with van der Waals surface area (Å²) in [7, 11) is 0. The maximum Gasteiger partial charge on any atom is 0.263 e. The lowest BCUT2D eigenvalue weighted by atomic mass is 10.1. The van der Waals surface area contributed by atoms with Gasteiger partial charge < -0.3 is 10.6 Å². The Morgan fingerprint density at radius 2 is 1.94 bits per heavy atom. The Bertz CT molecular complexity index is 1420. The summed E-state index contributed by atoms with van der Waals surface area (Å²) in [6.45, 7) is 1.83. The molecule has 1 fully saturated rings. The van der Waals surface area contributed by atoms with Crippen molar-refractivity contribution in [1.82, 2.24) is 14.9 Å². The van der Waals surface area contributed by atoms with Crippen molar-refractivity contribution in [2.75, 3.05) is 5.32 Å². The van der Waals surface area contributed by atoms with Crippen LogP contribution in [0.15, 0.2) is 65.0 Å². The van der Waals surface area contributed by atoms with Gasteiger partial charge in [0.25, 0.3) is 11.5 Å². The Hall–Kier alpha value is -3.78. The number of nitrogens with zero attached hydrogens (tertiary/aromatic N) is 2. The second kappa shape index (κ2) is 8.63. The number of thiophene rings is 1. The summed E-state index contributed by atoms with van der Waals surface area (Å²) in [5.74, 6) is -0.523. The summed E-state index contributed by atoms with van der Waals surface area (Å²) in [4.78, 5) is 43.1. The van der Waals surface area contributed by atoms with Crippen molar-refractivity contribution >= 4 is 39.1 Å². The number of aryl methyl sites for hydroxylation is 1. The van der Waals surface area contributed by atoms with E-state index in [9.17, 15) is 14.4 Å². The molecule has 0 saturated heterocycles. The summed E-state index contributed by atoms with van der Waals surface area (Å²) in [5, 5.41) is 8.14. The van der Waals surface area contributed by atoms with Gasteiger partial charge in [-0.2, -0.15) is 0 Å². The molecule has 0 unspecified atom stereocenters. The van der Waals surface area contributed by atoms with Gasteiger partial charge in [-0.1, -0.05) is 35.9 Å². The summed E-state index contributed by atoms with van der Waals surface area (Å²) >= 11 is 1.41. The van der Waals surface area contributed by atoms with Crippen LogP contribution in [0.5, 0.6) is 0 Å². The van der Waals surface area contributed by atoms with Crippen molar-refractivity contribution in [2.24, 2.45) is 0 Å². The van der Waals surface area contributed by atoms with Gasteiger partial charge in [0.05, 0.1) is 11.7 Å². The lowest BCUT2D eigenvalue weighted by Gasteiger charge is -2.09. The van der Waals surface area contributed by atoms with Crippen molar-refractivity contribution in [3.05, 3.63) is 81.7 Å². The van der Waals surface area contributed by atoms with E-state index in [0.29, 0.717) is 21.5 Å². The number of rotatable bonds is 6. The molecule has 2 amide bonds. The fraction of sp³-hybridized carbons (Fsp3) is 0.200. The quantitative estimate of drug-likeness (QED) is 0.457. The van der Waals surface area contributed by atoms with E-state index in [-0.39, 0.29) is 30.0 Å². The van der Waals surface area contributed by atoms with E-state index < -0.39 is 0 Å².